The van der Waals surface area contributed by atoms with Gasteiger partial charge in [0, 0.05) is 36.5 Å². The van der Waals surface area contributed by atoms with Crippen molar-refractivity contribution in [2.45, 2.75) is 61.6 Å². The molecule has 24 heteroatoms. The first kappa shape index (κ1) is 53.8. The highest BCUT2D eigenvalue weighted by molar-refractivity contribution is 5.90. The third-order valence-electron chi connectivity index (χ3n) is 12.7. The maximum absolute atomic E-state index is 14.8. The number of carbonyl (C=O) groups excluding carboxylic acids is 3. The second-order valence-electron chi connectivity index (χ2n) is 17.8. The molecular formula is C54H44O24. The fraction of sp³-hybridized carbons (Fsp3) is 0.185. The van der Waals surface area contributed by atoms with E-state index in [2.05, 4.69) is 0 Å². The Bertz CT molecular complexity index is 3440. The van der Waals surface area contributed by atoms with Gasteiger partial charge in [0.15, 0.2) is 69.0 Å². The van der Waals surface area contributed by atoms with Gasteiger partial charge in [-0.25, -0.2) is 19.2 Å². The summed E-state index contributed by atoms with van der Waals surface area (Å²) in [6.07, 6.45) is -9.75. The number of esters is 3. The lowest BCUT2D eigenvalue weighted by Gasteiger charge is -2.24. The van der Waals surface area contributed by atoms with Crippen molar-refractivity contribution in [3.8, 4) is 69.0 Å². The Kier molecular flexibility index (Phi) is 15.0. The van der Waals surface area contributed by atoms with E-state index in [1.165, 1.54) is 24.3 Å². The standard InChI is InChI=1S/C54H44O24/c55-28-8-1-22(15-34(28)61)3-14-41(65)74-39(51(68)69)20-24-4-12-32(59)48-42(24)45(47(78-48)27-7-11-31(58)37(64)19-27)54(73)76-40(52(70)71)21-25-5-13-33(60)49-43(25)44(46(77-49)26-6-10-30(57)36(63)18-26)53(72)75-38(50(66)67)17-23-2-9-29(56)35(62)16-23/h1-16,18-19,38-40,44-47,55-64H,17,20-21H2,(H,66,67)(H,68,69)(H,70,71). The van der Waals surface area contributed by atoms with Gasteiger partial charge in [0.05, 0.1) is 0 Å². The predicted octanol–water partition coefficient (Wildman–Crippen LogP) is 4.91. The van der Waals surface area contributed by atoms with Gasteiger partial charge in [-0.1, -0.05) is 36.4 Å². The van der Waals surface area contributed by atoms with Crippen molar-refractivity contribution in [3.63, 3.8) is 0 Å². The maximum Gasteiger partial charge on any atom is 0.345 e. The number of aromatic hydroxyl groups is 10. The molecule has 8 rings (SSSR count). The van der Waals surface area contributed by atoms with E-state index < -0.39 is 166 Å². The van der Waals surface area contributed by atoms with Crippen molar-refractivity contribution in [1.29, 1.82) is 0 Å². The zero-order valence-corrected chi connectivity index (χ0v) is 39.9. The van der Waals surface area contributed by atoms with E-state index in [1.54, 1.807) is 0 Å². The molecule has 0 aliphatic carbocycles. The number of fused-ring (bicyclic) bond motifs is 2. The molecule has 0 aromatic heterocycles. The normalized spacial score (nSPS) is 17.3. The lowest BCUT2D eigenvalue weighted by molar-refractivity contribution is -0.166. The van der Waals surface area contributed by atoms with Crippen molar-refractivity contribution in [3.05, 3.63) is 148 Å². The number of phenolic OH excluding ortho intramolecular Hbond substituents is 10. The minimum Gasteiger partial charge on any atom is -0.504 e. The summed E-state index contributed by atoms with van der Waals surface area (Å²) in [6.45, 7) is 0. The largest absolute Gasteiger partial charge is 0.504 e. The number of carboxylic acids is 3. The third kappa shape index (κ3) is 11.1. The predicted molar refractivity (Wildman–Crippen MR) is 260 cm³/mol. The van der Waals surface area contributed by atoms with E-state index in [0.29, 0.717) is 0 Å². The van der Waals surface area contributed by atoms with Gasteiger partial charge in [0.1, 0.15) is 24.0 Å². The molecule has 0 fully saturated rings. The first-order valence-corrected chi connectivity index (χ1v) is 23.1. The van der Waals surface area contributed by atoms with Gasteiger partial charge in [0.25, 0.3) is 0 Å². The first-order valence-electron chi connectivity index (χ1n) is 23.1. The number of benzene rings is 6. The van der Waals surface area contributed by atoms with Crippen LogP contribution < -0.4 is 9.47 Å². The average molecular weight is 1080 g/mol. The van der Waals surface area contributed by atoms with Crippen LogP contribution in [-0.2, 0) is 62.2 Å². The van der Waals surface area contributed by atoms with Crippen LogP contribution in [0.1, 0.15) is 68.6 Å². The Morgan fingerprint density at radius 1 is 0.436 bits per heavy atom. The molecule has 7 atom stereocenters. The minimum absolute atomic E-state index is 0.0535. The molecule has 0 amide bonds. The van der Waals surface area contributed by atoms with Gasteiger partial charge in [0.2, 0.25) is 18.3 Å². The average Bonchev–Trinajstić information content (AvgIpc) is 4.13. The fourth-order valence-corrected chi connectivity index (χ4v) is 8.94. The van der Waals surface area contributed by atoms with Crippen LogP contribution in [0.2, 0.25) is 0 Å². The summed E-state index contributed by atoms with van der Waals surface area (Å²) in [6, 6.07) is 17.7. The van der Waals surface area contributed by atoms with Crippen LogP contribution in [0.25, 0.3) is 6.08 Å². The smallest absolute Gasteiger partial charge is 0.345 e. The number of aliphatic carboxylic acids is 3. The molecule has 6 aromatic carbocycles. The molecule has 404 valence electrons. The highest BCUT2D eigenvalue weighted by Gasteiger charge is 2.49. The SMILES string of the molecule is O=C(C=Cc1ccc(O)c(O)c1)OC(Cc1ccc(O)c2c1C(C(=O)OC(Cc1ccc(O)c3c1C(C(=O)OC(Cc1ccc(O)c(O)c1)C(=O)O)C(c1ccc(O)c(O)c1)O3)C(=O)O)C(c1ccc(O)c(O)c1)O2)C(=O)O. The van der Waals surface area contributed by atoms with Crippen LogP contribution in [0.3, 0.4) is 0 Å². The van der Waals surface area contributed by atoms with Gasteiger partial charge in [-0.05, 0) is 100 Å². The van der Waals surface area contributed by atoms with E-state index in [0.717, 1.165) is 84.9 Å². The van der Waals surface area contributed by atoms with E-state index >= 15 is 0 Å². The molecule has 2 aliphatic heterocycles. The summed E-state index contributed by atoms with van der Waals surface area (Å²) < 4.78 is 28.6. The van der Waals surface area contributed by atoms with Crippen molar-refractivity contribution in [2.24, 2.45) is 0 Å². The molecule has 0 saturated carbocycles. The molecule has 24 nitrogen and oxygen atoms in total. The number of hydrogen-bond donors (Lipinski definition) is 13. The van der Waals surface area contributed by atoms with Crippen LogP contribution in [-0.4, -0.2) is 121 Å². The maximum atomic E-state index is 14.8. The first-order chi connectivity index (χ1) is 37.0. The monoisotopic (exact) mass is 1080 g/mol. The summed E-state index contributed by atoms with van der Waals surface area (Å²) in [5.74, 6) is -19.8. The summed E-state index contributed by atoms with van der Waals surface area (Å²) >= 11 is 0. The second-order valence-corrected chi connectivity index (χ2v) is 17.8. The van der Waals surface area contributed by atoms with E-state index in [1.807, 2.05) is 0 Å². The Morgan fingerprint density at radius 2 is 0.821 bits per heavy atom. The molecule has 7 unspecified atom stereocenters. The number of phenols is 10. The van der Waals surface area contributed by atoms with E-state index in [9.17, 15) is 95.2 Å². The molecule has 2 heterocycles. The van der Waals surface area contributed by atoms with Gasteiger partial charge >= 0.3 is 35.8 Å². The minimum atomic E-state index is -2.26. The summed E-state index contributed by atoms with van der Waals surface area (Å²) in [5.41, 5.74) is -0.754. The molecule has 2 aliphatic rings. The molecule has 6 aromatic rings. The molecule has 0 bridgehead atoms. The topological polar surface area (TPSA) is 412 Å². The lowest BCUT2D eigenvalue weighted by atomic mass is 9.85. The number of carbonyl (C=O) groups is 6. The quantitative estimate of drug-likeness (QED) is 0.0235. The van der Waals surface area contributed by atoms with Crippen molar-refractivity contribution in [1.82, 2.24) is 0 Å². The zero-order valence-electron chi connectivity index (χ0n) is 39.9. The Morgan fingerprint density at radius 3 is 1.24 bits per heavy atom. The lowest BCUT2D eigenvalue weighted by Crippen LogP contribution is -2.34. The highest BCUT2D eigenvalue weighted by atomic mass is 16.6. The third-order valence-corrected chi connectivity index (χ3v) is 12.7. The summed E-state index contributed by atoms with van der Waals surface area (Å²) in [5, 5.41) is 134. The van der Waals surface area contributed by atoms with Gasteiger partial charge in [-0.15, -0.1) is 0 Å². The molecule has 0 radical (unpaired) electrons. The molecule has 13 N–H and O–H groups in total. The number of rotatable bonds is 18. The van der Waals surface area contributed by atoms with Crippen LogP contribution in [0.15, 0.2) is 103 Å². The fourth-order valence-electron chi connectivity index (χ4n) is 8.94. The van der Waals surface area contributed by atoms with Crippen molar-refractivity contribution >= 4 is 41.9 Å². The Labute approximate surface area is 437 Å². The van der Waals surface area contributed by atoms with Crippen molar-refractivity contribution in [2.75, 3.05) is 0 Å². The van der Waals surface area contributed by atoms with Gasteiger partial charge < -0.3 is 90.1 Å². The summed E-state index contributed by atoms with van der Waals surface area (Å²) in [4.78, 5) is 80.7. The Hall–Kier alpha value is -10.5. The number of hydrogen-bond acceptors (Lipinski definition) is 21. The van der Waals surface area contributed by atoms with Crippen LogP contribution in [0.4, 0.5) is 0 Å². The molecular weight excluding hydrogens is 1030 g/mol. The van der Waals surface area contributed by atoms with Gasteiger partial charge in [-0.3, -0.25) is 9.59 Å². The molecule has 78 heavy (non-hydrogen) atoms. The molecule has 0 spiro atoms. The number of ether oxygens (including phenoxy) is 5. The second kappa shape index (κ2) is 21.7. The highest BCUT2D eigenvalue weighted by Crippen LogP contribution is 2.55. The zero-order chi connectivity index (χ0) is 56.4. The van der Waals surface area contributed by atoms with Crippen LogP contribution >= 0.6 is 0 Å². The van der Waals surface area contributed by atoms with E-state index in [-0.39, 0.29) is 44.5 Å². The van der Waals surface area contributed by atoms with Crippen molar-refractivity contribution < 1.29 is 119 Å². The Balaban J connectivity index is 1.15. The number of carboxylic acid groups (broad SMARTS) is 3. The molecule has 0 saturated heterocycles. The van der Waals surface area contributed by atoms with E-state index in [4.69, 9.17) is 23.7 Å². The van der Waals surface area contributed by atoms with Crippen LogP contribution in [0, 0.1) is 0 Å². The summed E-state index contributed by atoms with van der Waals surface area (Å²) in [7, 11) is 0. The van der Waals surface area contributed by atoms with Gasteiger partial charge in [-0.2, -0.15) is 0 Å². The van der Waals surface area contributed by atoms with Crippen LogP contribution in [0.5, 0.6) is 69.0 Å².